The number of rotatable bonds is 7. The molecule has 2 rings (SSSR count). The Morgan fingerprint density at radius 3 is 2.78 bits per heavy atom. The lowest BCUT2D eigenvalue weighted by atomic mass is 9.88. The van der Waals surface area contributed by atoms with E-state index in [1.165, 1.54) is 0 Å². The highest BCUT2D eigenvalue weighted by Crippen LogP contribution is 2.36. The number of amides is 1. The molecule has 1 aromatic rings. The van der Waals surface area contributed by atoms with Crippen molar-refractivity contribution in [2.75, 3.05) is 18.5 Å². The molecule has 146 valence electrons. The monoisotopic (exact) mass is 396 g/mol. The number of halogens is 1. The van der Waals surface area contributed by atoms with Crippen LogP contribution in [0, 0.1) is 34.8 Å². The van der Waals surface area contributed by atoms with Crippen LogP contribution in [0.4, 0.5) is 5.69 Å². The number of ketones is 1. The second kappa shape index (κ2) is 8.94. The Hall–Kier alpha value is -2.48. The quantitative estimate of drug-likeness (QED) is 0.430. The van der Waals surface area contributed by atoms with Crippen molar-refractivity contribution < 1.29 is 24.0 Å². The molecule has 0 unspecified atom stereocenters. The van der Waals surface area contributed by atoms with E-state index in [4.69, 9.17) is 16.3 Å². The van der Waals surface area contributed by atoms with Gasteiger partial charge in [-0.05, 0) is 30.5 Å². The third-order valence-electron chi connectivity index (χ3n) is 4.77. The fourth-order valence-corrected chi connectivity index (χ4v) is 3.47. The number of aryl methyl sites for hydroxylation is 1. The molecule has 8 nitrogen and oxygen atoms in total. The van der Waals surface area contributed by atoms with Crippen molar-refractivity contribution in [2.45, 2.75) is 26.7 Å². The van der Waals surface area contributed by atoms with Crippen molar-refractivity contribution >= 4 is 34.9 Å². The molecule has 1 aromatic carbocycles. The van der Waals surface area contributed by atoms with Crippen LogP contribution in [-0.4, -0.2) is 35.7 Å². The number of anilines is 1. The van der Waals surface area contributed by atoms with E-state index in [0.29, 0.717) is 10.7 Å². The molecular formula is C18H21ClN2O6. The van der Waals surface area contributed by atoms with E-state index in [9.17, 15) is 24.5 Å². The van der Waals surface area contributed by atoms with Crippen LogP contribution in [0.1, 0.15) is 25.3 Å². The molecule has 0 saturated heterocycles. The van der Waals surface area contributed by atoms with Crippen molar-refractivity contribution in [3.63, 3.8) is 0 Å². The number of hydrogen-bond donors (Lipinski definition) is 1. The van der Waals surface area contributed by atoms with E-state index in [2.05, 4.69) is 5.32 Å². The number of nitrogens with zero attached hydrogens (tertiary/aromatic N) is 1. The molecule has 1 aliphatic carbocycles. The van der Waals surface area contributed by atoms with E-state index in [1.54, 1.807) is 32.0 Å². The fraction of sp³-hybridized carbons (Fsp3) is 0.500. The lowest BCUT2D eigenvalue weighted by Crippen LogP contribution is -2.28. The molecule has 0 aliphatic heterocycles. The molecule has 0 spiro atoms. The number of nitrogens with one attached hydrogen (secondary N) is 1. The van der Waals surface area contributed by atoms with E-state index in [-0.39, 0.29) is 31.1 Å². The molecule has 1 N–H and O–H groups in total. The minimum absolute atomic E-state index is 0.158. The maximum Gasteiger partial charge on any atom is 0.307 e. The Balaban J connectivity index is 1.87. The highest BCUT2D eigenvalue weighted by Gasteiger charge is 2.44. The number of Topliss-reactive ketones (excluding diaryl/α,β-unsaturated/α-hetero) is 1. The van der Waals surface area contributed by atoms with Gasteiger partial charge in [0.15, 0.2) is 6.61 Å². The van der Waals surface area contributed by atoms with Gasteiger partial charge in [-0.15, -0.1) is 0 Å². The highest BCUT2D eigenvalue weighted by molar-refractivity contribution is 6.31. The summed E-state index contributed by atoms with van der Waals surface area (Å²) in [5, 5.41) is 13.8. The van der Waals surface area contributed by atoms with E-state index < -0.39 is 35.2 Å². The lowest BCUT2D eigenvalue weighted by Gasteiger charge is -2.17. The van der Waals surface area contributed by atoms with Crippen molar-refractivity contribution in [1.29, 1.82) is 0 Å². The number of hydrogen-bond acceptors (Lipinski definition) is 6. The zero-order chi connectivity index (χ0) is 20.1. The minimum atomic E-state index is -0.740. The Morgan fingerprint density at radius 1 is 1.41 bits per heavy atom. The molecule has 1 amide bonds. The van der Waals surface area contributed by atoms with Gasteiger partial charge in [-0.25, -0.2) is 0 Å². The summed E-state index contributed by atoms with van der Waals surface area (Å²) < 4.78 is 4.94. The normalized spacial score (nSPS) is 21.7. The second-order valence-corrected chi connectivity index (χ2v) is 7.24. The van der Waals surface area contributed by atoms with Crippen LogP contribution < -0.4 is 5.32 Å². The van der Waals surface area contributed by atoms with Crippen LogP contribution in [0.2, 0.25) is 5.02 Å². The maximum absolute atomic E-state index is 12.0. The average molecular weight is 397 g/mol. The van der Waals surface area contributed by atoms with Gasteiger partial charge in [0.2, 0.25) is 6.54 Å². The minimum Gasteiger partial charge on any atom is -0.456 e. The summed E-state index contributed by atoms with van der Waals surface area (Å²) >= 11 is 5.88. The van der Waals surface area contributed by atoms with Crippen LogP contribution in [0.15, 0.2) is 18.2 Å². The standard InChI is InChI=1S/C18H21ClN2O6/c1-10-3-4-12(19)6-15(10)20-17(23)9-27-18(24)7-13-14(8-21(25)26)11(2)5-16(13)22/h3-4,6,11,13-14H,5,7-9H2,1-2H3,(H,20,23)/t11-,13+,14-/m1/s1. The zero-order valence-electron chi connectivity index (χ0n) is 15.1. The van der Waals surface area contributed by atoms with Gasteiger partial charge in [0.1, 0.15) is 5.78 Å². The molecule has 3 atom stereocenters. The molecule has 27 heavy (non-hydrogen) atoms. The van der Waals surface area contributed by atoms with Crippen LogP contribution in [0.25, 0.3) is 0 Å². The molecular weight excluding hydrogens is 376 g/mol. The third kappa shape index (κ3) is 5.75. The smallest absolute Gasteiger partial charge is 0.307 e. The summed E-state index contributed by atoms with van der Waals surface area (Å²) in [5.74, 6) is -2.84. The molecule has 9 heteroatoms. The largest absolute Gasteiger partial charge is 0.456 e. The molecule has 1 saturated carbocycles. The Labute approximate surface area is 161 Å². The number of esters is 1. The number of ether oxygens (including phenoxy) is 1. The molecule has 0 aromatic heterocycles. The van der Waals surface area contributed by atoms with Gasteiger partial charge in [0.25, 0.3) is 5.91 Å². The number of carbonyl (C=O) groups is 3. The Kier molecular flexibility index (Phi) is 6.90. The number of nitro groups is 1. The zero-order valence-corrected chi connectivity index (χ0v) is 15.8. The van der Waals surface area contributed by atoms with Gasteiger partial charge < -0.3 is 10.1 Å². The summed E-state index contributed by atoms with van der Waals surface area (Å²) in [5.41, 5.74) is 1.31. The van der Waals surface area contributed by atoms with Gasteiger partial charge in [-0.2, -0.15) is 0 Å². The first-order valence-corrected chi connectivity index (χ1v) is 8.91. The van der Waals surface area contributed by atoms with Crippen LogP contribution in [0.3, 0.4) is 0 Å². The van der Waals surface area contributed by atoms with Crippen LogP contribution in [0.5, 0.6) is 0 Å². The van der Waals surface area contributed by atoms with Gasteiger partial charge in [0.05, 0.1) is 6.42 Å². The Bertz CT molecular complexity index is 766. The van der Waals surface area contributed by atoms with Gasteiger partial charge >= 0.3 is 5.97 Å². The van der Waals surface area contributed by atoms with E-state index >= 15 is 0 Å². The van der Waals surface area contributed by atoms with Gasteiger partial charge in [-0.1, -0.05) is 24.6 Å². The predicted octanol–water partition coefficient (Wildman–Crippen LogP) is 2.64. The maximum atomic E-state index is 12.0. The average Bonchev–Trinajstić information content (AvgIpc) is 2.83. The SMILES string of the molecule is Cc1ccc(Cl)cc1NC(=O)COC(=O)C[C@@H]1C(=O)C[C@@H](C)[C@H]1C[N+](=O)[O-]. The van der Waals surface area contributed by atoms with Gasteiger partial charge in [0, 0.05) is 33.9 Å². The summed E-state index contributed by atoms with van der Waals surface area (Å²) in [7, 11) is 0. The third-order valence-corrected chi connectivity index (χ3v) is 5.00. The lowest BCUT2D eigenvalue weighted by molar-refractivity contribution is -0.490. The number of carbonyl (C=O) groups excluding carboxylic acids is 3. The van der Waals surface area contributed by atoms with Crippen LogP contribution in [-0.2, 0) is 19.1 Å². The molecule has 0 radical (unpaired) electrons. The summed E-state index contributed by atoms with van der Waals surface area (Å²) in [6.45, 7) is 2.68. The van der Waals surface area contributed by atoms with Crippen molar-refractivity contribution in [1.82, 2.24) is 0 Å². The Morgan fingerprint density at radius 2 is 2.11 bits per heavy atom. The second-order valence-electron chi connectivity index (χ2n) is 6.81. The number of benzene rings is 1. The molecule has 0 bridgehead atoms. The molecule has 1 fully saturated rings. The topological polar surface area (TPSA) is 116 Å². The first kappa shape index (κ1) is 20.8. The highest BCUT2D eigenvalue weighted by atomic mass is 35.5. The van der Waals surface area contributed by atoms with Crippen LogP contribution >= 0.6 is 11.6 Å². The summed E-state index contributed by atoms with van der Waals surface area (Å²) in [6.07, 6.45) is -0.0455. The first-order valence-electron chi connectivity index (χ1n) is 8.53. The molecule has 1 aliphatic rings. The van der Waals surface area contributed by atoms with Gasteiger partial charge in [-0.3, -0.25) is 24.5 Å². The summed E-state index contributed by atoms with van der Waals surface area (Å²) in [6, 6.07) is 5.01. The van der Waals surface area contributed by atoms with E-state index in [1.807, 2.05) is 0 Å². The predicted molar refractivity (Wildman–Crippen MR) is 98.0 cm³/mol. The van der Waals surface area contributed by atoms with Crippen molar-refractivity contribution in [3.05, 3.63) is 38.9 Å². The van der Waals surface area contributed by atoms with Crippen molar-refractivity contribution in [2.24, 2.45) is 17.8 Å². The van der Waals surface area contributed by atoms with E-state index in [0.717, 1.165) is 5.56 Å². The summed E-state index contributed by atoms with van der Waals surface area (Å²) in [4.78, 5) is 46.3. The first-order chi connectivity index (χ1) is 12.7. The van der Waals surface area contributed by atoms with Crippen molar-refractivity contribution in [3.8, 4) is 0 Å². The molecule has 0 heterocycles. The fourth-order valence-electron chi connectivity index (χ4n) is 3.30.